The predicted molar refractivity (Wildman–Crippen MR) is 84.2 cm³/mol. The van der Waals surface area contributed by atoms with E-state index in [1.54, 1.807) is 12.1 Å². The van der Waals surface area contributed by atoms with Crippen molar-refractivity contribution in [2.45, 2.75) is 38.8 Å². The number of hydrogen-bond acceptors (Lipinski definition) is 4. The molecule has 0 amide bonds. The van der Waals surface area contributed by atoms with Gasteiger partial charge in [-0.25, -0.2) is 0 Å². The summed E-state index contributed by atoms with van der Waals surface area (Å²) in [6.07, 6.45) is 2.04. The Balaban J connectivity index is 2.03. The topological polar surface area (TPSA) is 58.4 Å². The molecule has 1 aliphatic rings. The highest BCUT2D eigenvalue weighted by atomic mass is 79.9. The van der Waals surface area contributed by atoms with Gasteiger partial charge in [-0.05, 0) is 38.8 Å². The summed E-state index contributed by atoms with van der Waals surface area (Å²) < 4.78 is 0.726. The molecule has 1 N–H and O–H groups in total. The fourth-order valence-corrected chi connectivity index (χ4v) is 2.91. The fourth-order valence-electron chi connectivity index (χ4n) is 2.56. The molecule has 1 saturated heterocycles. The smallest absolute Gasteiger partial charge is 0.293 e. The Morgan fingerprint density at radius 2 is 2.05 bits per heavy atom. The van der Waals surface area contributed by atoms with Crippen LogP contribution < -0.4 is 5.32 Å². The maximum atomic E-state index is 11.1. The first-order chi connectivity index (χ1) is 9.47. The van der Waals surface area contributed by atoms with Gasteiger partial charge < -0.3 is 10.2 Å². The second-order valence-corrected chi connectivity index (χ2v) is 6.38. The number of nitro groups is 1. The van der Waals surface area contributed by atoms with E-state index in [0.717, 1.165) is 30.4 Å². The summed E-state index contributed by atoms with van der Waals surface area (Å²) in [6.45, 7) is 6.49. The fraction of sp³-hybridized carbons (Fsp3) is 0.571. The molecule has 0 atom stereocenters. The van der Waals surface area contributed by atoms with E-state index in [0.29, 0.717) is 17.8 Å². The van der Waals surface area contributed by atoms with Crippen LogP contribution in [0.4, 0.5) is 11.4 Å². The number of benzene rings is 1. The van der Waals surface area contributed by atoms with Crippen molar-refractivity contribution >= 4 is 27.3 Å². The van der Waals surface area contributed by atoms with Gasteiger partial charge in [-0.1, -0.05) is 15.9 Å². The van der Waals surface area contributed by atoms with Crippen LogP contribution in [-0.2, 0) is 0 Å². The van der Waals surface area contributed by atoms with Crippen LogP contribution in [-0.4, -0.2) is 35.0 Å². The molecule has 5 nitrogen and oxygen atoms in total. The van der Waals surface area contributed by atoms with Crippen LogP contribution in [0.5, 0.6) is 0 Å². The summed E-state index contributed by atoms with van der Waals surface area (Å²) in [5, 5.41) is 14.4. The van der Waals surface area contributed by atoms with Crippen molar-refractivity contribution < 1.29 is 4.92 Å². The Kier molecular flexibility index (Phi) is 4.99. The van der Waals surface area contributed by atoms with E-state index < -0.39 is 0 Å². The van der Waals surface area contributed by atoms with Gasteiger partial charge >= 0.3 is 0 Å². The summed E-state index contributed by atoms with van der Waals surface area (Å²) in [6, 6.07) is 6.03. The Morgan fingerprint density at radius 3 is 2.60 bits per heavy atom. The summed E-state index contributed by atoms with van der Waals surface area (Å²) in [4.78, 5) is 13.2. The molecule has 0 unspecified atom stereocenters. The van der Waals surface area contributed by atoms with E-state index >= 15 is 0 Å². The summed E-state index contributed by atoms with van der Waals surface area (Å²) >= 11 is 3.27. The SMILES string of the molecule is CC(C)N1CCC(Nc2ccc(Br)cc2[N+](=O)[O-])CC1. The molecular formula is C14H20BrN3O2. The lowest BCUT2D eigenvalue weighted by Gasteiger charge is -2.35. The zero-order valence-corrected chi connectivity index (χ0v) is 13.4. The number of nitro benzene ring substituents is 1. The lowest BCUT2D eigenvalue weighted by molar-refractivity contribution is -0.384. The average Bonchev–Trinajstić information content (AvgIpc) is 2.41. The van der Waals surface area contributed by atoms with Gasteiger partial charge in [0.1, 0.15) is 5.69 Å². The van der Waals surface area contributed by atoms with Gasteiger partial charge in [0.2, 0.25) is 0 Å². The lowest BCUT2D eigenvalue weighted by Crippen LogP contribution is -2.42. The van der Waals surface area contributed by atoms with Gasteiger partial charge in [0.05, 0.1) is 4.92 Å². The summed E-state index contributed by atoms with van der Waals surface area (Å²) in [7, 11) is 0. The first-order valence-corrected chi connectivity index (χ1v) is 7.71. The quantitative estimate of drug-likeness (QED) is 0.670. The maximum absolute atomic E-state index is 11.1. The molecule has 0 aromatic heterocycles. The molecule has 110 valence electrons. The minimum absolute atomic E-state index is 0.130. The maximum Gasteiger partial charge on any atom is 0.293 e. The van der Waals surface area contributed by atoms with Gasteiger partial charge in [0.25, 0.3) is 5.69 Å². The number of piperidine rings is 1. The molecule has 0 saturated carbocycles. The zero-order valence-electron chi connectivity index (χ0n) is 11.8. The predicted octanol–water partition coefficient (Wildman–Crippen LogP) is 3.64. The van der Waals surface area contributed by atoms with E-state index in [9.17, 15) is 10.1 Å². The van der Waals surface area contributed by atoms with Crippen LogP contribution in [0.25, 0.3) is 0 Å². The van der Waals surface area contributed by atoms with Crippen LogP contribution in [0.1, 0.15) is 26.7 Å². The van der Waals surface area contributed by atoms with Gasteiger partial charge in [-0.15, -0.1) is 0 Å². The number of anilines is 1. The molecule has 0 aliphatic carbocycles. The van der Waals surface area contributed by atoms with E-state index in [4.69, 9.17) is 0 Å². The Morgan fingerprint density at radius 1 is 1.40 bits per heavy atom. The standard InChI is InChI=1S/C14H20BrN3O2/c1-10(2)17-7-5-12(6-8-17)16-13-4-3-11(15)9-14(13)18(19)20/h3-4,9-10,12,16H,5-8H2,1-2H3. The van der Waals surface area contributed by atoms with Gasteiger partial charge in [0.15, 0.2) is 0 Å². The second-order valence-electron chi connectivity index (χ2n) is 5.47. The number of halogens is 1. The summed E-state index contributed by atoms with van der Waals surface area (Å²) in [5.74, 6) is 0. The molecule has 1 aromatic carbocycles. The lowest BCUT2D eigenvalue weighted by atomic mass is 10.0. The molecule has 1 aromatic rings. The number of nitrogens with zero attached hydrogens (tertiary/aromatic N) is 2. The zero-order chi connectivity index (χ0) is 14.7. The van der Waals surface area contributed by atoms with E-state index in [-0.39, 0.29) is 10.6 Å². The number of likely N-dealkylation sites (tertiary alicyclic amines) is 1. The molecular weight excluding hydrogens is 322 g/mol. The van der Waals surface area contributed by atoms with Crippen molar-refractivity contribution in [1.82, 2.24) is 4.90 Å². The summed E-state index contributed by atoms with van der Waals surface area (Å²) in [5.41, 5.74) is 0.742. The van der Waals surface area contributed by atoms with Crippen molar-refractivity contribution in [3.63, 3.8) is 0 Å². The molecule has 1 heterocycles. The van der Waals surface area contributed by atoms with E-state index in [1.165, 1.54) is 0 Å². The van der Waals surface area contributed by atoms with Crippen molar-refractivity contribution in [3.8, 4) is 0 Å². The molecule has 2 rings (SSSR count). The van der Waals surface area contributed by atoms with E-state index in [2.05, 4.69) is 40.0 Å². The third-order valence-corrected chi connectivity index (χ3v) is 4.27. The van der Waals surface area contributed by atoms with Crippen molar-refractivity contribution in [1.29, 1.82) is 0 Å². The third kappa shape index (κ3) is 3.70. The first kappa shape index (κ1) is 15.3. The minimum Gasteiger partial charge on any atom is -0.377 e. The highest BCUT2D eigenvalue weighted by Gasteiger charge is 2.23. The Hall–Kier alpha value is -1.14. The van der Waals surface area contributed by atoms with Crippen molar-refractivity contribution in [2.24, 2.45) is 0 Å². The molecule has 1 aliphatic heterocycles. The monoisotopic (exact) mass is 341 g/mol. The van der Waals surface area contributed by atoms with E-state index in [1.807, 2.05) is 6.07 Å². The minimum atomic E-state index is -0.337. The van der Waals surface area contributed by atoms with Crippen LogP contribution in [0, 0.1) is 10.1 Å². The molecule has 6 heteroatoms. The van der Waals surface area contributed by atoms with Crippen LogP contribution in [0.2, 0.25) is 0 Å². The second kappa shape index (κ2) is 6.54. The largest absolute Gasteiger partial charge is 0.377 e. The van der Waals surface area contributed by atoms with Crippen LogP contribution >= 0.6 is 15.9 Å². The normalized spacial score (nSPS) is 17.4. The molecule has 20 heavy (non-hydrogen) atoms. The molecule has 0 bridgehead atoms. The van der Waals surface area contributed by atoms with Gasteiger partial charge in [-0.3, -0.25) is 10.1 Å². The highest BCUT2D eigenvalue weighted by molar-refractivity contribution is 9.10. The number of nitrogens with one attached hydrogen (secondary N) is 1. The molecule has 1 fully saturated rings. The van der Waals surface area contributed by atoms with Gasteiger partial charge in [-0.2, -0.15) is 0 Å². The molecule has 0 spiro atoms. The average molecular weight is 342 g/mol. The number of rotatable bonds is 4. The Labute approximate surface area is 127 Å². The highest BCUT2D eigenvalue weighted by Crippen LogP contribution is 2.29. The van der Waals surface area contributed by atoms with Gasteiger partial charge in [0, 0.05) is 35.7 Å². The van der Waals surface area contributed by atoms with Crippen LogP contribution in [0.3, 0.4) is 0 Å². The van der Waals surface area contributed by atoms with Crippen molar-refractivity contribution in [2.75, 3.05) is 18.4 Å². The Bertz CT molecular complexity index is 485. The molecule has 0 radical (unpaired) electrons. The van der Waals surface area contributed by atoms with Crippen LogP contribution in [0.15, 0.2) is 22.7 Å². The van der Waals surface area contributed by atoms with Crippen molar-refractivity contribution in [3.05, 3.63) is 32.8 Å². The first-order valence-electron chi connectivity index (χ1n) is 6.92. The number of hydrogen-bond donors (Lipinski definition) is 1. The third-order valence-electron chi connectivity index (χ3n) is 3.78.